The number of carbonyl (C=O) groups is 1. The van der Waals surface area contributed by atoms with Crippen LogP contribution in [-0.4, -0.2) is 32.2 Å². The monoisotopic (exact) mass is 314 g/mol. The Morgan fingerprint density at radius 1 is 1.33 bits per heavy atom. The summed E-state index contributed by atoms with van der Waals surface area (Å²) < 4.78 is 10.6. The third-order valence-corrected chi connectivity index (χ3v) is 3.45. The van der Waals surface area contributed by atoms with Crippen LogP contribution in [0.1, 0.15) is 19.3 Å². The summed E-state index contributed by atoms with van der Waals surface area (Å²) in [5.74, 6) is 2.09. The molecule has 1 saturated carbocycles. The van der Waals surface area contributed by atoms with E-state index in [-0.39, 0.29) is 24.4 Å². The maximum absolute atomic E-state index is 11.8. The molecule has 118 valence electrons. The van der Waals surface area contributed by atoms with Gasteiger partial charge in [0.25, 0.3) is 0 Å². The minimum atomic E-state index is 0. The molecule has 21 heavy (non-hydrogen) atoms. The summed E-state index contributed by atoms with van der Waals surface area (Å²) in [6, 6.07) is 7.43. The van der Waals surface area contributed by atoms with Gasteiger partial charge >= 0.3 is 0 Å². The van der Waals surface area contributed by atoms with E-state index in [1.807, 2.05) is 24.3 Å². The van der Waals surface area contributed by atoms with Crippen molar-refractivity contribution in [3.8, 4) is 11.5 Å². The van der Waals surface area contributed by atoms with Crippen LogP contribution in [0.15, 0.2) is 24.3 Å². The van der Waals surface area contributed by atoms with Crippen molar-refractivity contribution in [1.82, 2.24) is 5.32 Å². The van der Waals surface area contributed by atoms with Crippen LogP contribution in [-0.2, 0) is 4.79 Å². The zero-order valence-electron chi connectivity index (χ0n) is 12.2. The number of methoxy groups -OCH3 is 1. The van der Waals surface area contributed by atoms with E-state index in [9.17, 15) is 4.79 Å². The first kappa shape index (κ1) is 17.6. The molecule has 1 fully saturated rings. The number of nitrogens with one attached hydrogen (secondary N) is 1. The third kappa shape index (κ3) is 5.81. The Morgan fingerprint density at radius 3 is 2.48 bits per heavy atom. The number of rotatable bonds is 8. The van der Waals surface area contributed by atoms with Crippen LogP contribution >= 0.6 is 12.4 Å². The van der Waals surface area contributed by atoms with Gasteiger partial charge < -0.3 is 20.5 Å². The minimum Gasteiger partial charge on any atom is -0.497 e. The molecule has 3 N–H and O–H groups in total. The topological polar surface area (TPSA) is 73.6 Å². The number of carbonyl (C=O) groups excluding carboxylic acids is 1. The summed E-state index contributed by atoms with van der Waals surface area (Å²) >= 11 is 0. The van der Waals surface area contributed by atoms with Gasteiger partial charge in [-0.25, -0.2) is 0 Å². The quantitative estimate of drug-likeness (QED) is 0.766. The largest absolute Gasteiger partial charge is 0.497 e. The second kappa shape index (κ2) is 8.74. The maximum atomic E-state index is 11.8. The van der Waals surface area contributed by atoms with Crippen LogP contribution in [0, 0.1) is 5.92 Å². The molecule has 1 aromatic carbocycles. The molecule has 0 heterocycles. The molecule has 1 amide bonds. The molecule has 6 heteroatoms. The molecule has 0 aliphatic heterocycles. The van der Waals surface area contributed by atoms with E-state index in [1.54, 1.807) is 7.11 Å². The number of benzene rings is 1. The molecule has 0 saturated heterocycles. The first-order valence-corrected chi connectivity index (χ1v) is 6.99. The van der Waals surface area contributed by atoms with Crippen LogP contribution in [0.4, 0.5) is 0 Å². The van der Waals surface area contributed by atoms with E-state index in [0.29, 0.717) is 25.5 Å². The lowest BCUT2D eigenvalue weighted by atomic mass is 10.2. The smallest absolute Gasteiger partial charge is 0.223 e. The van der Waals surface area contributed by atoms with E-state index in [0.717, 1.165) is 11.5 Å². The number of hydrogen-bond acceptors (Lipinski definition) is 4. The molecular formula is C15H23ClN2O3. The van der Waals surface area contributed by atoms with Crippen LogP contribution < -0.4 is 20.5 Å². The molecule has 1 unspecified atom stereocenters. The van der Waals surface area contributed by atoms with E-state index in [1.165, 1.54) is 12.8 Å². The molecular weight excluding hydrogens is 292 g/mol. The number of halogens is 1. The fourth-order valence-corrected chi connectivity index (χ4v) is 2.08. The molecule has 1 aliphatic carbocycles. The van der Waals surface area contributed by atoms with Crippen molar-refractivity contribution < 1.29 is 14.3 Å². The van der Waals surface area contributed by atoms with Gasteiger partial charge in [0.2, 0.25) is 5.91 Å². The fraction of sp³-hybridized carbons (Fsp3) is 0.533. The van der Waals surface area contributed by atoms with Crippen molar-refractivity contribution in [2.75, 3.05) is 20.3 Å². The lowest BCUT2D eigenvalue weighted by molar-refractivity contribution is -0.122. The van der Waals surface area contributed by atoms with Gasteiger partial charge in [-0.15, -0.1) is 12.4 Å². The summed E-state index contributed by atoms with van der Waals surface area (Å²) in [7, 11) is 1.62. The Hall–Kier alpha value is -1.46. The average Bonchev–Trinajstić information content (AvgIpc) is 3.30. The van der Waals surface area contributed by atoms with Gasteiger partial charge in [-0.05, 0) is 43.0 Å². The molecule has 1 aliphatic rings. The molecule has 0 bridgehead atoms. The highest BCUT2D eigenvalue weighted by molar-refractivity contribution is 5.85. The average molecular weight is 315 g/mol. The van der Waals surface area contributed by atoms with Crippen molar-refractivity contribution in [2.24, 2.45) is 11.7 Å². The molecule has 1 aromatic rings. The lowest BCUT2D eigenvalue weighted by Crippen LogP contribution is -2.42. The summed E-state index contributed by atoms with van der Waals surface area (Å²) in [6.45, 7) is 0.871. The Bertz CT molecular complexity index is 435. The van der Waals surface area contributed by atoms with Crippen LogP contribution in [0.2, 0.25) is 0 Å². The molecule has 5 nitrogen and oxygen atoms in total. The van der Waals surface area contributed by atoms with Gasteiger partial charge in [-0.1, -0.05) is 0 Å². The van der Waals surface area contributed by atoms with Gasteiger partial charge in [0.1, 0.15) is 11.5 Å². The fourth-order valence-electron chi connectivity index (χ4n) is 2.08. The van der Waals surface area contributed by atoms with Crippen LogP contribution in [0.25, 0.3) is 0 Å². The highest BCUT2D eigenvalue weighted by atomic mass is 35.5. The summed E-state index contributed by atoms with van der Waals surface area (Å²) in [4.78, 5) is 11.8. The van der Waals surface area contributed by atoms with Crippen molar-refractivity contribution in [2.45, 2.75) is 25.3 Å². The van der Waals surface area contributed by atoms with Crippen molar-refractivity contribution in [3.05, 3.63) is 24.3 Å². The van der Waals surface area contributed by atoms with E-state index < -0.39 is 0 Å². The molecule has 0 aromatic heterocycles. The van der Waals surface area contributed by atoms with Gasteiger partial charge in [-0.3, -0.25) is 4.79 Å². The predicted octanol–water partition coefficient (Wildman–Crippen LogP) is 1.74. The molecule has 1 atom stereocenters. The Labute approximate surface area is 131 Å². The summed E-state index contributed by atoms with van der Waals surface area (Å²) in [5, 5.41) is 2.97. The van der Waals surface area contributed by atoms with Crippen LogP contribution in [0.3, 0.4) is 0 Å². The lowest BCUT2D eigenvalue weighted by Gasteiger charge is -2.16. The highest BCUT2D eigenvalue weighted by Crippen LogP contribution is 2.32. The number of amides is 1. The van der Waals surface area contributed by atoms with Gasteiger partial charge in [0, 0.05) is 12.6 Å². The van der Waals surface area contributed by atoms with Crippen LogP contribution in [0.5, 0.6) is 11.5 Å². The van der Waals surface area contributed by atoms with E-state index >= 15 is 0 Å². The Kier molecular flexibility index (Phi) is 7.32. The zero-order chi connectivity index (χ0) is 14.4. The normalized spacial score (nSPS) is 14.8. The minimum absolute atomic E-state index is 0. The number of ether oxygens (including phenoxy) is 2. The highest BCUT2D eigenvalue weighted by Gasteiger charge is 2.30. The third-order valence-electron chi connectivity index (χ3n) is 3.45. The number of hydrogen-bond donors (Lipinski definition) is 2. The first-order valence-electron chi connectivity index (χ1n) is 6.99. The Morgan fingerprint density at radius 2 is 1.95 bits per heavy atom. The van der Waals surface area contributed by atoms with Gasteiger partial charge in [0.05, 0.1) is 20.1 Å². The number of nitrogens with two attached hydrogens (primary N) is 1. The van der Waals surface area contributed by atoms with Crippen molar-refractivity contribution >= 4 is 18.3 Å². The first-order chi connectivity index (χ1) is 9.72. The SMILES string of the molecule is COc1ccc(OCCC(=O)NC(CN)C2CC2)cc1.Cl. The van der Waals surface area contributed by atoms with E-state index in [4.69, 9.17) is 15.2 Å². The molecule has 0 spiro atoms. The second-order valence-corrected chi connectivity index (χ2v) is 5.02. The maximum Gasteiger partial charge on any atom is 0.223 e. The standard InChI is InChI=1S/C15H22N2O3.ClH/c1-19-12-4-6-13(7-5-12)20-9-8-15(18)17-14(10-16)11-2-3-11;/h4-7,11,14H,2-3,8-10,16H2,1H3,(H,17,18);1H. The predicted molar refractivity (Wildman–Crippen MR) is 84.1 cm³/mol. The Balaban J connectivity index is 0.00000220. The molecule has 0 radical (unpaired) electrons. The van der Waals surface area contributed by atoms with Gasteiger partial charge in [-0.2, -0.15) is 0 Å². The van der Waals surface area contributed by atoms with Gasteiger partial charge in [0.15, 0.2) is 0 Å². The summed E-state index contributed by atoms with van der Waals surface area (Å²) in [5.41, 5.74) is 5.65. The van der Waals surface area contributed by atoms with Crippen molar-refractivity contribution in [3.63, 3.8) is 0 Å². The van der Waals surface area contributed by atoms with Crippen molar-refractivity contribution in [1.29, 1.82) is 0 Å². The second-order valence-electron chi connectivity index (χ2n) is 5.02. The molecule has 2 rings (SSSR count). The zero-order valence-corrected chi connectivity index (χ0v) is 13.0. The summed E-state index contributed by atoms with van der Waals surface area (Å²) in [6.07, 6.45) is 2.68. The van der Waals surface area contributed by atoms with E-state index in [2.05, 4.69) is 5.32 Å².